The number of hydrogen-bond donors (Lipinski definition) is 2. The minimum atomic E-state index is -1.03. The number of amides is 4. The molecular weight excluding hydrogens is 350 g/mol. The number of fused-ring (bicyclic) bond motifs is 2. The largest absolute Gasteiger partial charge is 0.350 e. The fraction of sp³-hybridized carbons (Fsp3) is 0.316. The Labute approximate surface area is 155 Å². The Balaban J connectivity index is 1.50. The standard InChI is InChI=1S/C19H19N3O3S/c23-16(20-11-14-7-4-10-26-14)12-22-17(24)19(21-18(22)25)9-3-6-13-5-1-2-8-15(13)19/h1-2,4-5,7-8,10H,3,6,9,11-12H2,(H,20,23)(H,21,25)/t19-/m1/s1. The summed E-state index contributed by atoms with van der Waals surface area (Å²) in [6, 6.07) is 11.0. The average molecular weight is 369 g/mol. The second-order valence-corrected chi connectivity index (χ2v) is 7.63. The van der Waals surface area contributed by atoms with Gasteiger partial charge < -0.3 is 10.6 Å². The van der Waals surface area contributed by atoms with Crippen LogP contribution in [0, 0.1) is 0 Å². The third-order valence-corrected chi connectivity index (χ3v) is 5.87. The third-order valence-electron chi connectivity index (χ3n) is 4.99. The topological polar surface area (TPSA) is 78.5 Å². The summed E-state index contributed by atoms with van der Waals surface area (Å²) in [7, 11) is 0. The van der Waals surface area contributed by atoms with Crippen molar-refractivity contribution in [2.45, 2.75) is 31.3 Å². The second kappa shape index (κ2) is 6.57. The van der Waals surface area contributed by atoms with Crippen molar-refractivity contribution in [3.63, 3.8) is 0 Å². The molecule has 2 heterocycles. The van der Waals surface area contributed by atoms with Gasteiger partial charge in [-0.05, 0) is 41.8 Å². The Morgan fingerprint density at radius 2 is 2.08 bits per heavy atom. The Bertz CT molecular complexity index is 865. The zero-order chi connectivity index (χ0) is 18.1. The van der Waals surface area contributed by atoms with Gasteiger partial charge in [-0.15, -0.1) is 11.3 Å². The highest BCUT2D eigenvalue weighted by Gasteiger charge is 2.54. The van der Waals surface area contributed by atoms with Crippen LogP contribution in [0.15, 0.2) is 41.8 Å². The quantitative estimate of drug-likeness (QED) is 0.811. The first-order chi connectivity index (χ1) is 12.6. The molecule has 1 aromatic heterocycles. The number of aryl methyl sites for hydroxylation is 1. The van der Waals surface area contributed by atoms with E-state index in [9.17, 15) is 14.4 Å². The van der Waals surface area contributed by atoms with E-state index in [0.717, 1.165) is 33.7 Å². The van der Waals surface area contributed by atoms with E-state index < -0.39 is 11.6 Å². The minimum absolute atomic E-state index is 0.264. The molecule has 26 heavy (non-hydrogen) atoms. The number of rotatable bonds is 4. The summed E-state index contributed by atoms with van der Waals surface area (Å²) in [5.74, 6) is -0.677. The van der Waals surface area contributed by atoms with E-state index in [1.807, 2.05) is 41.8 Å². The van der Waals surface area contributed by atoms with Gasteiger partial charge in [0.25, 0.3) is 5.91 Å². The number of nitrogens with one attached hydrogen (secondary N) is 2. The van der Waals surface area contributed by atoms with Crippen molar-refractivity contribution < 1.29 is 14.4 Å². The molecular formula is C19H19N3O3S. The molecule has 134 valence electrons. The number of carbonyl (C=O) groups is 3. The lowest BCUT2D eigenvalue weighted by Crippen LogP contribution is -2.47. The highest BCUT2D eigenvalue weighted by atomic mass is 32.1. The van der Waals surface area contributed by atoms with Gasteiger partial charge in [-0.3, -0.25) is 14.5 Å². The summed E-state index contributed by atoms with van der Waals surface area (Å²) >= 11 is 1.54. The van der Waals surface area contributed by atoms with Gasteiger partial charge in [-0.2, -0.15) is 0 Å². The summed E-state index contributed by atoms with van der Waals surface area (Å²) in [5.41, 5.74) is 0.905. The van der Waals surface area contributed by atoms with E-state index in [1.54, 1.807) is 11.3 Å². The van der Waals surface area contributed by atoms with E-state index in [4.69, 9.17) is 0 Å². The second-order valence-electron chi connectivity index (χ2n) is 6.59. The van der Waals surface area contributed by atoms with Gasteiger partial charge in [0, 0.05) is 4.88 Å². The Hall–Kier alpha value is -2.67. The molecule has 1 aromatic carbocycles. The summed E-state index contributed by atoms with van der Waals surface area (Å²) in [4.78, 5) is 39.8. The first-order valence-electron chi connectivity index (χ1n) is 8.62. The van der Waals surface area contributed by atoms with Crippen LogP contribution in [-0.4, -0.2) is 29.3 Å². The maximum absolute atomic E-state index is 13.1. The average Bonchev–Trinajstić information content (AvgIpc) is 3.24. The molecule has 0 unspecified atom stereocenters. The van der Waals surface area contributed by atoms with Gasteiger partial charge in [-0.25, -0.2) is 4.79 Å². The first kappa shape index (κ1) is 16.8. The Morgan fingerprint density at radius 1 is 1.23 bits per heavy atom. The van der Waals surface area contributed by atoms with Gasteiger partial charge in [0.2, 0.25) is 5.91 Å². The molecule has 6 nitrogen and oxygen atoms in total. The van der Waals surface area contributed by atoms with Gasteiger partial charge in [-0.1, -0.05) is 30.3 Å². The van der Waals surface area contributed by atoms with Gasteiger partial charge in [0.15, 0.2) is 0 Å². The van der Waals surface area contributed by atoms with Gasteiger partial charge in [0.05, 0.1) is 6.54 Å². The number of imide groups is 1. The molecule has 1 aliphatic carbocycles. The van der Waals surface area contributed by atoms with Crippen molar-refractivity contribution >= 4 is 29.2 Å². The van der Waals surface area contributed by atoms with E-state index >= 15 is 0 Å². The molecule has 7 heteroatoms. The lowest BCUT2D eigenvalue weighted by Gasteiger charge is -2.33. The van der Waals surface area contributed by atoms with Crippen molar-refractivity contribution in [2.24, 2.45) is 0 Å². The SMILES string of the molecule is O=C(CN1C(=O)N[C@@]2(CCCc3ccccc32)C1=O)NCc1cccs1. The number of hydrogen-bond acceptors (Lipinski definition) is 4. The molecule has 1 fully saturated rings. The van der Waals surface area contributed by atoms with E-state index in [2.05, 4.69) is 10.6 Å². The molecule has 2 N–H and O–H groups in total. The molecule has 0 bridgehead atoms. The van der Waals surface area contributed by atoms with Crippen LogP contribution in [0.5, 0.6) is 0 Å². The van der Waals surface area contributed by atoms with Crippen LogP contribution in [0.2, 0.25) is 0 Å². The smallest absolute Gasteiger partial charge is 0.325 e. The van der Waals surface area contributed by atoms with Crippen LogP contribution in [0.1, 0.15) is 28.8 Å². The summed E-state index contributed by atoms with van der Waals surface area (Å²) < 4.78 is 0. The molecule has 1 aliphatic heterocycles. The molecule has 4 amide bonds. The highest BCUT2D eigenvalue weighted by Crippen LogP contribution is 2.39. The van der Waals surface area contributed by atoms with Crippen molar-refractivity contribution in [2.75, 3.05) is 6.54 Å². The molecule has 1 spiro atoms. The number of benzene rings is 1. The Morgan fingerprint density at radius 3 is 2.88 bits per heavy atom. The molecule has 1 saturated heterocycles. The van der Waals surface area contributed by atoms with Crippen molar-refractivity contribution in [3.05, 3.63) is 57.8 Å². The number of nitrogens with zero attached hydrogens (tertiary/aromatic N) is 1. The van der Waals surface area contributed by atoms with Crippen LogP contribution >= 0.6 is 11.3 Å². The minimum Gasteiger partial charge on any atom is -0.350 e. The lowest BCUT2D eigenvalue weighted by atomic mass is 9.76. The van der Waals surface area contributed by atoms with Crippen LogP contribution in [0.3, 0.4) is 0 Å². The zero-order valence-corrected chi connectivity index (χ0v) is 15.0. The van der Waals surface area contributed by atoms with Crippen molar-refractivity contribution in [1.82, 2.24) is 15.5 Å². The van der Waals surface area contributed by atoms with E-state index in [1.165, 1.54) is 0 Å². The monoisotopic (exact) mass is 369 g/mol. The lowest BCUT2D eigenvalue weighted by molar-refractivity contribution is -0.135. The molecule has 1 atom stereocenters. The predicted molar refractivity (Wildman–Crippen MR) is 97.5 cm³/mol. The van der Waals surface area contributed by atoms with Crippen LogP contribution < -0.4 is 10.6 Å². The Kier molecular flexibility index (Phi) is 4.24. The van der Waals surface area contributed by atoms with Gasteiger partial charge in [0.1, 0.15) is 12.1 Å². The summed E-state index contributed by atoms with van der Waals surface area (Å²) in [6.45, 7) is 0.133. The van der Waals surface area contributed by atoms with E-state index in [0.29, 0.717) is 13.0 Å². The van der Waals surface area contributed by atoms with Crippen LogP contribution in [0.4, 0.5) is 4.79 Å². The molecule has 4 rings (SSSR count). The summed E-state index contributed by atoms with van der Waals surface area (Å²) in [5, 5.41) is 7.55. The van der Waals surface area contributed by atoms with E-state index in [-0.39, 0.29) is 18.4 Å². The normalized spacial score (nSPS) is 21.6. The fourth-order valence-electron chi connectivity index (χ4n) is 3.75. The molecule has 2 aliphatic rings. The van der Waals surface area contributed by atoms with Gasteiger partial charge >= 0.3 is 6.03 Å². The maximum atomic E-state index is 13.1. The van der Waals surface area contributed by atoms with Crippen LogP contribution in [0.25, 0.3) is 0 Å². The maximum Gasteiger partial charge on any atom is 0.325 e. The number of carbonyl (C=O) groups excluding carboxylic acids is 3. The first-order valence-corrected chi connectivity index (χ1v) is 9.50. The molecule has 0 saturated carbocycles. The van der Waals surface area contributed by atoms with Crippen molar-refractivity contribution in [1.29, 1.82) is 0 Å². The number of thiophene rings is 1. The third kappa shape index (κ3) is 2.78. The van der Waals surface area contributed by atoms with Crippen LogP contribution in [-0.2, 0) is 28.1 Å². The summed E-state index contributed by atoms with van der Waals surface area (Å²) in [6.07, 6.45) is 2.27. The highest BCUT2D eigenvalue weighted by molar-refractivity contribution is 7.09. The fourth-order valence-corrected chi connectivity index (χ4v) is 4.40. The zero-order valence-electron chi connectivity index (χ0n) is 14.2. The predicted octanol–water partition coefficient (Wildman–Crippen LogP) is 2.15. The van der Waals surface area contributed by atoms with Crippen molar-refractivity contribution in [3.8, 4) is 0 Å². The molecule has 0 radical (unpaired) electrons. The number of urea groups is 1. The molecule has 2 aromatic rings.